The van der Waals surface area contributed by atoms with Gasteiger partial charge in [0.15, 0.2) is 0 Å². The summed E-state index contributed by atoms with van der Waals surface area (Å²) in [6.07, 6.45) is 7.18. The predicted octanol–water partition coefficient (Wildman–Crippen LogP) is 3.11. The van der Waals surface area contributed by atoms with Gasteiger partial charge in [-0.05, 0) is 74.0 Å². The van der Waals surface area contributed by atoms with E-state index in [-0.39, 0.29) is 29.5 Å². The molecule has 4 saturated carbocycles. The lowest BCUT2D eigenvalue weighted by Crippen LogP contribution is -2.57. The fourth-order valence-corrected chi connectivity index (χ4v) is 7.44. The van der Waals surface area contributed by atoms with E-state index in [1.54, 1.807) is 0 Å². The first-order valence-electron chi connectivity index (χ1n) is 11.3. The van der Waals surface area contributed by atoms with Gasteiger partial charge in [0.1, 0.15) is 12.4 Å². The Morgan fingerprint density at radius 2 is 1.97 bits per heavy atom. The Balaban J connectivity index is 1.44. The topological polar surface area (TPSA) is 96.2 Å². The van der Waals surface area contributed by atoms with Crippen LogP contribution in [0.3, 0.4) is 0 Å². The number of carbonyl (C=O) groups is 2. The monoisotopic (exact) mass is 405 g/mol. The SMILES string of the molecule is C[C@]12CCC(=NCCOCC(=O)O)CC1[C@H](O)CC1C2CC[C@]2(C)C(=O)CCC12. The number of rotatable bonds is 5. The van der Waals surface area contributed by atoms with Crippen LogP contribution in [-0.4, -0.2) is 53.5 Å². The van der Waals surface area contributed by atoms with Crippen molar-refractivity contribution in [3.05, 3.63) is 0 Å². The van der Waals surface area contributed by atoms with Crippen molar-refractivity contribution < 1.29 is 24.5 Å². The molecule has 0 saturated heterocycles. The van der Waals surface area contributed by atoms with Crippen molar-refractivity contribution in [2.24, 2.45) is 39.5 Å². The van der Waals surface area contributed by atoms with Gasteiger partial charge in [-0.15, -0.1) is 0 Å². The quantitative estimate of drug-likeness (QED) is 0.685. The number of hydrogen-bond donors (Lipinski definition) is 2. The highest BCUT2D eigenvalue weighted by molar-refractivity contribution is 5.87. The molecule has 6 nitrogen and oxygen atoms in total. The molecule has 0 spiro atoms. The van der Waals surface area contributed by atoms with E-state index in [1.807, 2.05) is 0 Å². The molecule has 6 heteroatoms. The van der Waals surface area contributed by atoms with E-state index in [9.17, 15) is 14.7 Å². The van der Waals surface area contributed by atoms with Crippen molar-refractivity contribution in [1.82, 2.24) is 0 Å². The van der Waals surface area contributed by atoms with Gasteiger partial charge in [0.25, 0.3) is 0 Å². The Kier molecular flexibility index (Phi) is 5.62. The highest BCUT2D eigenvalue weighted by atomic mass is 16.5. The number of Topliss-reactive ketones (excluding diaryl/α,β-unsaturated/α-hetero) is 1. The maximum atomic E-state index is 12.6. The number of carboxylic acid groups (broad SMARTS) is 1. The van der Waals surface area contributed by atoms with Crippen LogP contribution < -0.4 is 0 Å². The van der Waals surface area contributed by atoms with Crippen LogP contribution >= 0.6 is 0 Å². The van der Waals surface area contributed by atoms with Gasteiger partial charge in [-0.1, -0.05) is 13.8 Å². The molecule has 0 amide bonds. The predicted molar refractivity (Wildman–Crippen MR) is 109 cm³/mol. The fourth-order valence-electron chi connectivity index (χ4n) is 7.44. The number of aliphatic imine (C=N–C) groups is 1. The van der Waals surface area contributed by atoms with Crippen molar-refractivity contribution in [1.29, 1.82) is 0 Å². The van der Waals surface area contributed by atoms with Gasteiger partial charge in [-0.2, -0.15) is 0 Å². The Morgan fingerprint density at radius 1 is 1.17 bits per heavy atom. The molecular weight excluding hydrogens is 370 g/mol. The number of fused-ring (bicyclic) bond motifs is 5. The lowest BCUT2D eigenvalue weighted by atomic mass is 9.44. The molecule has 0 aromatic rings. The van der Waals surface area contributed by atoms with Crippen molar-refractivity contribution in [2.75, 3.05) is 19.8 Å². The van der Waals surface area contributed by atoms with Gasteiger partial charge in [-0.3, -0.25) is 9.79 Å². The summed E-state index contributed by atoms with van der Waals surface area (Å²) in [6, 6.07) is 0. The molecule has 4 unspecified atom stereocenters. The average Bonchev–Trinajstić information content (AvgIpc) is 2.97. The molecule has 0 heterocycles. The number of aliphatic hydroxyl groups excluding tert-OH is 1. The molecule has 0 bridgehead atoms. The largest absolute Gasteiger partial charge is 0.480 e. The molecule has 4 aliphatic rings. The van der Waals surface area contributed by atoms with E-state index in [2.05, 4.69) is 18.8 Å². The van der Waals surface area contributed by atoms with Crippen LogP contribution in [0.2, 0.25) is 0 Å². The van der Waals surface area contributed by atoms with Gasteiger partial charge in [0.05, 0.1) is 19.3 Å². The summed E-state index contributed by atoms with van der Waals surface area (Å²) < 4.78 is 5.08. The van der Waals surface area contributed by atoms with Crippen molar-refractivity contribution >= 4 is 17.5 Å². The molecular formula is C23H35NO5. The molecule has 162 valence electrons. The van der Waals surface area contributed by atoms with Crippen LogP contribution in [0.4, 0.5) is 0 Å². The number of ether oxygens (including phenoxy) is 1. The van der Waals surface area contributed by atoms with Crippen LogP contribution in [-0.2, 0) is 14.3 Å². The van der Waals surface area contributed by atoms with Gasteiger partial charge < -0.3 is 14.9 Å². The Bertz CT molecular complexity index is 705. The third-order valence-corrected chi connectivity index (χ3v) is 9.02. The van der Waals surface area contributed by atoms with E-state index in [1.165, 1.54) is 0 Å². The second-order valence-corrected chi connectivity index (χ2v) is 10.3. The zero-order valence-corrected chi connectivity index (χ0v) is 17.7. The van der Waals surface area contributed by atoms with E-state index >= 15 is 0 Å². The van der Waals surface area contributed by atoms with Crippen LogP contribution in [0, 0.1) is 34.5 Å². The van der Waals surface area contributed by atoms with Crippen molar-refractivity contribution in [3.8, 4) is 0 Å². The van der Waals surface area contributed by atoms with Crippen molar-refractivity contribution in [3.63, 3.8) is 0 Å². The Morgan fingerprint density at radius 3 is 2.72 bits per heavy atom. The normalized spacial score (nSPS) is 45.6. The van der Waals surface area contributed by atoms with Gasteiger partial charge >= 0.3 is 5.97 Å². The highest BCUT2D eigenvalue weighted by Crippen LogP contribution is 2.65. The zero-order chi connectivity index (χ0) is 20.8. The molecule has 0 aliphatic heterocycles. The molecule has 29 heavy (non-hydrogen) atoms. The molecule has 4 aliphatic carbocycles. The Hall–Kier alpha value is -1.27. The fraction of sp³-hybridized carbons (Fsp3) is 0.870. The molecule has 0 aromatic carbocycles. The van der Waals surface area contributed by atoms with E-state index < -0.39 is 5.97 Å². The minimum absolute atomic E-state index is 0.119. The lowest BCUT2D eigenvalue weighted by Gasteiger charge is -2.60. The molecule has 0 radical (unpaired) electrons. The first-order chi connectivity index (χ1) is 13.8. The number of ketones is 1. The van der Waals surface area contributed by atoms with Crippen molar-refractivity contribution in [2.45, 2.75) is 71.3 Å². The summed E-state index contributed by atoms with van der Waals surface area (Å²) in [5, 5.41) is 19.8. The summed E-state index contributed by atoms with van der Waals surface area (Å²) in [6.45, 7) is 5.08. The zero-order valence-electron chi connectivity index (χ0n) is 17.7. The second-order valence-electron chi connectivity index (χ2n) is 10.3. The minimum Gasteiger partial charge on any atom is -0.480 e. The maximum absolute atomic E-state index is 12.6. The van der Waals surface area contributed by atoms with E-state index in [0.717, 1.165) is 57.1 Å². The lowest BCUT2D eigenvalue weighted by molar-refractivity contribution is -0.152. The third-order valence-electron chi connectivity index (χ3n) is 9.02. The Labute approximate surface area is 173 Å². The van der Waals surface area contributed by atoms with Gasteiger partial charge in [0, 0.05) is 17.5 Å². The van der Waals surface area contributed by atoms with Crippen LogP contribution in [0.15, 0.2) is 4.99 Å². The maximum Gasteiger partial charge on any atom is 0.329 e. The number of hydrogen-bond acceptors (Lipinski definition) is 5. The summed E-state index contributed by atoms with van der Waals surface area (Å²) in [5.41, 5.74) is 1.11. The first-order valence-corrected chi connectivity index (χ1v) is 11.3. The summed E-state index contributed by atoms with van der Waals surface area (Å²) in [4.78, 5) is 27.7. The standard InChI is InChI=1S/C23H35NO5/c1-22-7-5-14(24-9-10-29-13-21(27)28)11-18(22)19(25)12-15-16-3-4-20(26)23(16,2)8-6-17(15)22/h15-19,25H,3-13H2,1-2H3,(H,27,28)/t15?,16?,17?,18?,19-,22-,23+/m1/s1. The van der Waals surface area contributed by atoms with Gasteiger partial charge in [-0.25, -0.2) is 4.79 Å². The number of aliphatic hydroxyl groups is 1. The molecule has 0 aromatic heterocycles. The number of aliphatic carboxylic acids is 1. The van der Waals surface area contributed by atoms with Crippen LogP contribution in [0.1, 0.15) is 65.2 Å². The van der Waals surface area contributed by atoms with Gasteiger partial charge in [0.2, 0.25) is 0 Å². The van der Waals surface area contributed by atoms with Crippen LogP contribution in [0.5, 0.6) is 0 Å². The third kappa shape index (κ3) is 3.56. The number of carbonyl (C=O) groups excluding carboxylic acids is 1. The van der Waals surface area contributed by atoms with E-state index in [0.29, 0.717) is 36.7 Å². The molecule has 2 N–H and O–H groups in total. The smallest absolute Gasteiger partial charge is 0.329 e. The second kappa shape index (κ2) is 7.77. The highest BCUT2D eigenvalue weighted by Gasteiger charge is 2.61. The van der Waals surface area contributed by atoms with Crippen LogP contribution in [0.25, 0.3) is 0 Å². The summed E-state index contributed by atoms with van der Waals surface area (Å²) in [7, 11) is 0. The molecule has 4 rings (SSSR count). The number of carboxylic acids is 1. The number of nitrogens with zero attached hydrogens (tertiary/aromatic N) is 1. The average molecular weight is 406 g/mol. The summed E-state index contributed by atoms with van der Waals surface area (Å²) >= 11 is 0. The van der Waals surface area contributed by atoms with E-state index in [4.69, 9.17) is 9.84 Å². The molecule has 7 atom stereocenters. The summed E-state index contributed by atoms with van der Waals surface area (Å²) in [5.74, 6) is 1.24. The minimum atomic E-state index is -0.960. The molecule has 4 fully saturated rings. The first kappa shape index (κ1) is 21.0.